The maximum Gasteiger partial charge on any atom is 0.329 e. The van der Waals surface area contributed by atoms with Crippen molar-refractivity contribution >= 4 is 47.9 Å². The summed E-state index contributed by atoms with van der Waals surface area (Å²) in [6.07, 6.45) is 5.17. The minimum atomic E-state index is -0.640. The van der Waals surface area contributed by atoms with Crippen LogP contribution >= 0.6 is 24.4 Å². The monoisotopic (exact) mass is 476 g/mol. The standard InChI is InChI=1S/C23H29ClN4O3S/c24-18-9-11-19(12-10-18)27-15-14-26(23(27)30)13-4-2-1-3-5-16-31-21-8-6-7-20(17-21)28(32)22(25)29/h6-12,17,32H,1-5,13-16H2,(H2,25,29). The smallest absolute Gasteiger partial charge is 0.329 e. The van der Waals surface area contributed by atoms with E-state index in [1.54, 1.807) is 23.1 Å². The third-order valence-corrected chi connectivity index (χ3v) is 6.03. The van der Waals surface area contributed by atoms with Gasteiger partial charge in [-0.05, 0) is 49.2 Å². The van der Waals surface area contributed by atoms with Crippen LogP contribution < -0.4 is 19.7 Å². The number of anilines is 2. The fraction of sp³-hybridized carbons (Fsp3) is 0.391. The molecule has 1 aliphatic rings. The molecular formula is C23H29ClN4O3S. The molecular weight excluding hydrogens is 448 g/mol. The summed E-state index contributed by atoms with van der Waals surface area (Å²) in [7, 11) is 0. The molecule has 7 nitrogen and oxygen atoms in total. The van der Waals surface area contributed by atoms with Crippen molar-refractivity contribution in [1.29, 1.82) is 0 Å². The number of unbranched alkanes of at least 4 members (excludes halogenated alkanes) is 4. The van der Waals surface area contributed by atoms with Crippen LogP contribution in [0.5, 0.6) is 5.75 Å². The Morgan fingerprint density at radius 1 is 1.06 bits per heavy atom. The van der Waals surface area contributed by atoms with E-state index >= 15 is 0 Å². The highest BCUT2D eigenvalue weighted by atomic mass is 35.5. The van der Waals surface area contributed by atoms with E-state index in [-0.39, 0.29) is 6.03 Å². The van der Waals surface area contributed by atoms with Crippen molar-refractivity contribution in [1.82, 2.24) is 4.90 Å². The third-order valence-electron chi connectivity index (χ3n) is 5.35. The van der Waals surface area contributed by atoms with Crippen LogP contribution in [-0.4, -0.2) is 43.2 Å². The second kappa shape index (κ2) is 11.9. The zero-order valence-electron chi connectivity index (χ0n) is 18.0. The Kier molecular flexibility index (Phi) is 8.93. The van der Waals surface area contributed by atoms with Gasteiger partial charge in [-0.2, -0.15) is 0 Å². The molecule has 1 fully saturated rings. The molecule has 32 heavy (non-hydrogen) atoms. The molecule has 0 atom stereocenters. The Bertz CT molecular complexity index is 912. The minimum Gasteiger partial charge on any atom is -0.494 e. The summed E-state index contributed by atoms with van der Waals surface area (Å²) in [6.45, 7) is 2.86. The molecule has 0 spiro atoms. The molecule has 2 N–H and O–H groups in total. The van der Waals surface area contributed by atoms with Crippen LogP contribution in [0.3, 0.4) is 0 Å². The Hall–Kier alpha value is -2.58. The van der Waals surface area contributed by atoms with E-state index in [4.69, 9.17) is 22.1 Å². The fourth-order valence-electron chi connectivity index (χ4n) is 3.61. The van der Waals surface area contributed by atoms with Gasteiger partial charge in [-0.1, -0.05) is 49.7 Å². The number of nitrogens with two attached hydrogens (primary N) is 1. The lowest BCUT2D eigenvalue weighted by Crippen LogP contribution is -2.32. The first kappa shape index (κ1) is 24.1. The van der Waals surface area contributed by atoms with Crippen molar-refractivity contribution in [2.24, 2.45) is 5.73 Å². The number of halogens is 1. The van der Waals surface area contributed by atoms with Crippen LogP contribution in [0, 0.1) is 0 Å². The number of hydrogen-bond acceptors (Lipinski definition) is 4. The topological polar surface area (TPSA) is 79.1 Å². The SMILES string of the molecule is NC(=O)N(S)c1cccc(OCCCCCCCN2CCN(c3ccc(Cl)cc3)C2=O)c1. The summed E-state index contributed by atoms with van der Waals surface area (Å²) >= 11 is 9.99. The van der Waals surface area contributed by atoms with Crippen LogP contribution in [0.15, 0.2) is 48.5 Å². The third kappa shape index (κ3) is 6.71. The quantitative estimate of drug-likeness (QED) is 0.339. The molecule has 0 unspecified atom stereocenters. The fourth-order valence-corrected chi connectivity index (χ4v) is 3.86. The molecule has 1 aliphatic heterocycles. The molecule has 1 heterocycles. The molecule has 0 bridgehead atoms. The summed E-state index contributed by atoms with van der Waals surface area (Å²) < 4.78 is 6.84. The highest BCUT2D eigenvalue weighted by Gasteiger charge is 2.28. The van der Waals surface area contributed by atoms with Gasteiger partial charge in [-0.25, -0.2) is 13.9 Å². The van der Waals surface area contributed by atoms with Gasteiger partial charge < -0.3 is 15.4 Å². The van der Waals surface area contributed by atoms with Crippen LogP contribution in [0.2, 0.25) is 5.02 Å². The Morgan fingerprint density at radius 2 is 1.78 bits per heavy atom. The van der Waals surface area contributed by atoms with Crippen LogP contribution in [-0.2, 0) is 0 Å². The van der Waals surface area contributed by atoms with Crippen molar-refractivity contribution in [3.8, 4) is 5.75 Å². The van der Waals surface area contributed by atoms with E-state index in [0.717, 1.165) is 55.2 Å². The lowest BCUT2D eigenvalue weighted by Gasteiger charge is -2.18. The van der Waals surface area contributed by atoms with Crippen LogP contribution in [0.25, 0.3) is 0 Å². The number of nitrogens with zero attached hydrogens (tertiary/aromatic N) is 3. The van der Waals surface area contributed by atoms with Crippen molar-refractivity contribution in [2.75, 3.05) is 35.4 Å². The predicted molar refractivity (Wildman–Crippen MR) is 132 cm³/mol. The van der Waals surface area contributed by atoms with Gasteiger partial charge in [0.1, 0.15) is 5.75 Å². The minimum absolute atomic E-state index is 0.0686. The van der Waals surface area contributed by atoms with Crippen molar-refractivity contribution in [2.45, 2.75) is 32.1 Å². The van der Waals surface area contributed by atoms with Crippen LogP contribution in [0.1, 0.15) is 32.1 Å². The van der Waals surface area contributed by atoms with Gasteiger partial charge in [0.05, 0.1) is 12.3 Å². The number of rotatable bonds is 11. The zero-order valence-corrected chi connectivity index (χ0v) is 19.6. The first-order chi connectivity index (χ1) is 15.5. The maximum atomic E-state index is 12.6. The number of primary amides is 1. The van der Waals surface area contributed by atoms with Gasteiger partial charge in [0.2, 0.25) is 0 Å². The van der Waals surface area contributed by atoms with E-state index in [1.807, 2.05) is 35.2 Å². The number of ether oxygens (including phenoxy) is 1. The van der Waals surface area contributed by atoms with Gasteiger partial charge in [-0.15, -0.1) is 0 Å². The van der Waals surface area contributed by atoms with E-state index in [0.29, 0.717) is 29.6 Å². The number of urea groups is 2. The lowest BCUT2D eigenvalue weighted by molar-refractivity contribution is 0.219. The number of hydrogen-bond donors (Lipinski definition) is 2. The van der Waals surface area contributed by atoms with Crippen molar-refractivity contribution in [3.05, 3.63) is 53.6 Å². The first-order valence-electron chi connectivity index (χ1n) is 10.8. The molecule has 2 aromatic carbocycles. The average Bonchev–Trinajstić information content (AvgIpc) is 3.16. The number of amides is 4. The molecule has 9 heteroatoms. The molecule has 0 saturated carbocycles. The molecule has 0 aromatic heterocycles. The van der Waals surface area contributed by atoms with Gasteiger partial charge in [0.25, 0.3) is 0 Å². The number of thiol groups is 1. The Morgan fingerprint density at radius 3 is 2.53 bits per heavy atom. The molecule has 0 radical (unpaired) electrons. The molecule has 4 amide bonds. The number of carbonyl (C=O) groups excluding carboxylic acids is 2. The van der Waals surface area contributed by atoms with E-state index in [2.05, 4.69) is 12.8 Å². The van der Waals surface area contributed by atoms with Crippen LogP contribution in [0.4, 0.5) is 21.0 Å². The second-order valence-electron chi connectivity index (χ2n) is 7.66. The first-order valence-corrected chi connectivity index (χ1v) is 11.6. The highest BCUT2D eigenvalue weighted by molar-refractivity contribution is 7.82. The highest BCUT2D eigenvalue weighted by Crippen LogP contribution is 2.24. The lowest BCUT2D eigenvalue weighted by atomic mass is 10.1. The van der Waals surface area contributed by atoms with Crippen molar-refractivity contribution in [3.63, 3.8) is 0 Å². The maximum absolute atomic E-state index is 12.6. The largest absolute Gasteiger partial charge is 0.494 e. The van der Waals surface area contributed by atoms with E-state index in [1.165, 1.54) is 0 Å². The van der Waals surface area contributed by atoms with E-state index in [9.17, 15) is 9.59 Å². The normalized spacial score (nSPS) is 13.5. The molecule has 2 aromatic rings. The summed E-state index contributed by atoms with van der Waals surface area (Å²) in [5.74, 6) is 0.681. The summed E-state index contributed by atoms with van der Waals surface area (Å²) in [6, 6.07) is 13.9. The van der Waals surface area contributed by atoms with Gasteiger partial charge in [0.15, 0.2) is 0 Å². The average molecular weight is 477 g/mol. The molecule has 1 saturated heterocycles. The Balaban J connectivity index is 1.28. The van der Waals surface area contributed by atoms with Gasteiger partial charge in [0, 0.05) is 36.4 Å². The zero-order chi connectivity index (χ0) is 22.9. The summed E-state index contributed by atoms with van der Waals surface area (Å²) in [4.78, 5) is 27.5. The number of carbonyl (C=O) groups is 2. The van der Waals surface area contributed by atoms with E-state index < -0.39 is 6.03 Å². The Labute approximate surface area is 199 Å². The summed E-state index contributed by atoms with van der Waals surface area (Å²) in [5, 5.41) is 0.670. The molecule has 172 valence electrons. The van der Waals surface area contributed by atoms with Gasteiger partial charge in [-0.3, -0.25) is 4.90 Å². The second-order valence-corrected chi connectivity index (χ2v) is 8.50. The van der Waals surface area contributed by atoms with Crippen molar-refractivity contribution < 1.29 is 14.3 Å². The molecule has 3 rings (SSSR count). The predicted octanol–water partition coefficient (Wildman–Crippen LogP) is 5.34. The number of benzene rings is 2. The van der Waals surface area contributed by atoms with Gasteiger partial charge >= 0.3 is 12.1 Å². The molecule has 0 aliphatic carbocycles. The summed E-state index contributed by atoms with van der Waals surface area (Å²) in [5.41, 5.74) is 6.69.